The standard InChI is InChI=1S/C15H17N3O3/c1-11-6-7-14(18(19)20)15(17-11)16-9-8-12-4-3-5-13(10-12)21-2/h3-7,10H,8-9H2,1-2H3,(H,16,17). The quantitative estimate of drug-likeness (QED) is 0.653. The second-order valence-corrected chi connectivity index (χ2v) is 4.61. The van der Waals surface area contributed by atoms with Crippen LogP contribution in [0.5, 0.6) is 5.75 Å². The van der Waals surface area contributed by atoms with Crippen LogP contribution in [0.25, 0.3) is 0 Å². The number of nitro groups is 1. The van der Waals surface area contributed by atoms with Crippen LogP contribution in [0.4, 0.5) is 11.5 Å². The normalized spacial score (nSPS) is 10.2. The van der Waals surface area contributed by atoms with E-state index in [-0.39, 0.29) is 5.69 Å². The Balaban J connectivity index is 2.03. The number of anilines is 1. The van der Waals surface area contributed by atoms with Gasteiger partial charge in [0.2, 0.25) is 5.82 Å². The average Bonchev–Trinajstić information content (AvgIpc) is 2.47. The number of hydrogen-bond donors (Lipinski definition) is 1. The van der Waals surface area contributed by atoms with Gasteiger partial charge in [-0.05, 0) is 37.1 Å². The van der Waals surface area contributed by atoms with Crippen LogP contribution in [0.2, 0.25) is 0 Å². The number of hydrogen-bond acceptors (Lipinski definition) is 5. The lowest BCUT2D eigenvalue weighted by Crippen LogP contribution is -2.09. The highest BCUT2D eigenvalue weighted by Crippen LogP contribution is 2.22. The molecule has 110 valence electrons. The summed E-state index contributed by atoms with van der Waals surface area (Å²) in [4.78, 5) is 14.7. The molecule has 0 aliphatic heterocycles. The molecule has 1 aromatic heterocycles. The van der Waals surface area contributed by atoms with E-state index in [9.17, 15) is 10.1 Å². The number of methoxy groups -OCH3 is 1. The Labute approximate surface area is 122 Å². The fourth-order valence-corrected chi connectivity index (χ4v) is 1.98. The maximum Gasteiger partial charge on any atom is 0.311 e. The van der Waals surface area contributed by atoms with Gasteiger partial charge in [0.25, 0.3) is 0 Å². The molecule has 0 saturated heterocycles. The molecule has 0 aliphatic rings. The minimum absolute atomic E-state index is 0.00811. The summed E-state index contributed by atoms with van der Waals surface area (Å²) >= 11 is 0. The van der Waals surface area contributed by atoms with Crippen molar-refractivity contribution in [2.75, 3.05) is 19.0 Å². The van der Waals surface area contributed by atoms with Gasteiger partial charge in [0.1, 0.15) is 5.75 Å². The van der Waals surface area contributed by atoms with E-state index in [1.807, 2.05) is 24.3 Å². The first-order valence-corrected chi connectivity index (χ1v) is 6.59. The van der Waals surface area contributed by atoms with Crippen LogP contribution >= 0.6 is 0 Å². The first-order chi connectivity index (χ1) is 10.1. The largest absolute Gasteiger partial charge is 0.497 e. The average molecular weight is 287 g/mol. The minimum atomic E-state index is -0.430. The van der Waals surface area contributed by atoms with Crippen LogP contribution in [0.15, 0.2) is 36.4 Å². The van der Waals surface area contributed by atoms with Gasteiger partial charge in [-0.3, -0.25) is 10.1 Å². The predicted molar refractivity (Wildman–Crippen MR) is 80.8 cm³/mol. The lowest BCUT2D eigenvalue weighted by molar-refractivity contribution is -0.384. The summed E-state index contributed by atoms with van der Waals surface area (Å²) in [5.41, 5.74) is 1.83. The molecule has 0 amide bonds. The van der Waals surface area contributed by atoms with E-state index in [0.29, 0.717) is 12.4 Å². The molecule has 0 unspecified atom stereocenters. The summed E-state index contributed by atoms with van der Waals surface area (Å²) in [7, 11) is 1.62. The zero-order valence-corrected chi connectivity index (χ0v) is 12.0. The molecule has 0 radical (unpaired) electrons. The molecular formula is C15H17N3O3. The van der Waals surface area contributed by atoms with Crippen LogP contribution < -0.4 is 10.1 Å². The van der Waals surface area contributed by atoms with Crippen molar-refractivity contribution in [2.45, 2.75) is 13.3 Å². The molecule has 1 aromatic carbocycles. The number of aryl methyl sites for hydroxylation is 1. The van der Waals surface area contributed by atoms with Crippen LogP contribution in [0, 0.1) is 17.0 Å². The zero-order chi connectivity index (χ0) is 15.2. The van der Waals surface area contributed by atoms with Gasteiger partial charge in [0, 0.05) is 18.3 Å². The van der Waals surface area contributed by atoms with E-state index in [1.165, 1.54) is 6.07 Å². The third-order valence-corrected chi connectivity index (χ3v) is 3.05. The Hall–Kier alpha value is -2.63. The van der Waals surface area contributed by atoms with E-state index in [4.69, 9.17) is 4.74 Å². The molecule has 0 saturated carbocycles. The number of benzene rings is 1. The number of aromatic nitrogens is 1. The predicted octanol–water partition coefficient (Wildman–Crippen LogP) is 2.96. The zero-order valence-electron chi connectivity index (χ0n) is 12.0. The third-order valence-electron chi connectivity index (χ3n) is 3.05. The van der Waals surface area contributed by atoms with E-state index in [1.54, 1.807) is 20.1 Å². The van der Waals surface area contributed by atoms with Gasteiger partial charge in [0.15, 0.2) is 0 Å². The molecule has 21 heavy (non-hydrogen) atoms. The molecule has 1 N–H and O–H groups in total. The third kappa shape index (κ3) is 3.92. The Bertz CT molecular complexity index is 644. The number of rotatable bonds is 6. The number of ether oxygens (including phenoxy) is 1. The van der Waals surface area contributed by atoms with Crippen molar-refractivity contribution in [3.8, 4) is 5.75 Å². The molecule has 0 aliphatic carbocycles. The van der Waals surface area contributed by atoms with Gasteiger partial charge >= 0.3 is 5.69 Å². The Morgan fingerprint density at radius 1 is 1.33 bits per heavy atom. The summed E-state index contributed by atoms with van der Waals surface area (Å²) < 4.78 is 5.16. The van der Waals surface area contributed by atoms with E-state index < -0.39 is 4.92 Å². The summed E-state index contributed by atoms with van der Waals surface area (Å²) in [6, 6.07) is 10.8. The second kappa shape index (κ2) is 6.69. The Morgan fingerprint density at radius 3 is 2.86 bits per heavy atom. The summed E-state index contributed by atoms with van der Waals surface area (Å²) in [5.74, 6) is 1.11. The monoisotopic (exact) mass is 287 g/mol. The van der Waals surface area contributed by atoms with Crippen LogP contribution in [-0.4, -0.2) is 23.6 Å². The number of nitrogens with one attached hydrogen (secondary N) is 1. The molecule has 0 bridgehead atoms. The van der Waals surface area contributed by atoms with Gasteiger partial charge in [0.05, 0.1) is 12.0 Å². The van der Waals surface area contributed by atoms with Gasteiger partial charge in [-0.15, -0.1) is 0 Å². The molecule has 2 aromatic rings. The first-order valence-electron chi connectivity index (χ1n) is 6.59. The van der Waals surface area contributed by atoms with Crippen molar-refractivity contribution in [3.05, 3.63) is 57.8 Å². The highest BCUT2D eigenvalue weighted by molar-refractivity contribution is 5.56. The number of pyridine rings is 1. The lowest BCUT2D eigenvalue weighted by atomic mass is 10.1. The topological polar surface area (TPSA) is 77.3 Å². The molecular weight excluding hydrogens is 270 g/mol. The highest BCUT2D eigenvalue weighted by Gasteiger charge is 2.14. The fraction of sp³-hybridized carbons (Fsp3) is 0.267. The van der Waals surface area contributed by atoms with E-state index in [2.05, 4.69) is 10.3 Å². The molecule has 6 heteroatoms. The Kier molecular flexibility index (Phi) is 4.71. The summed E-state index contributed by atoms with van der Waals surface area (Å²) in [6.07, 6.45) is 0.726. The summed E-state index contributed by atoms with van der Waals surface area (Å²) in [5, 5.41) is 14.0. The maximum absolute atomic E-state index is 11.0. The highest BCUT2D eigenvalue weighted by atomic mass is 16.6. The molecule has 0 fully saturated rings. The van der Waals surface area contributed by atoms with Crippen LogP contribution in [-0.2, 0) is 6.42 Å². The van der Waals surface area contributed by atoms with Crippen molar-refractivity contribution in [3.63, 3.8) is 0 Å². The van der Waals surface area contributed by atoms with Crippen molar-refractivity contribution in [1.29, 1.82) is 0 Å². The van der Waals surface area contributed by atoms with Crippen molar-refractivity contribution in [2.24, 2.45) is 0 Å². The maximum atomic E-state index is 11.0. The second-order valence-electron chi connectivity index (χ2n) is 4.61. The SMILES string of the molecule is COc1cccc(CCNc2nc(C)ccc2[N+](=O)[O-])c1. The lowest BCUT2D eigenvalue weighted by Gasteiger charge is -2.08. The van der Waals surface area contributed by atoms with Crippen LogP contribution in [0.1, 0.15) is 11.3 Å². The molecule has 1 heterocycles. The van der Waals surface area contributed by atoms with Gasteiger partial charge < -0.3 is 10.1 Å². The van der Waals surface area contributed by atoms with Crippen LogP contribution in [0.3, 0.4) is 0 Å². The minimum Gasteiger partial charge on any atom is -0.497 e. The molecule has 0 spiro atoms. The van der Waals surface area contributed by atoms with Gasteiger partial charge in [-0.25, -0.2) is 4.98 Å². The van der Waals surface area contributed by atoms with Crippen molar-refractivity contribution < 1.29 is 9.66 Å². The molecule has 0 atom stereocenters. The van der Waals surface area contributed by atoms with Gasteiger partial charge in [-0.2, -0.15) is 0 Å². The fourth-order valence-electron chi connectivity index (χ4n) is 1.98. The van der Waals surface area contributed by atoms with E-state index in [0.717, 1.165) is 23.4 Å². The molecule has 6 nitrogen and oxygen atoms in total. The van der Waals surface area contributed by atoms with E-state index >= 15 is 0 Å². The first kappa shape index (κ1) is 14.8. The summed E-state index contributed by atoms with van der Waals surface area (Å²) in [6.45, 7) is 2.36. The smallest absolute Gasteiger partial charge is 0.311 e. The van der Waals surface area contributed by atoms with Gasteiger partial charge in [-0.1, -0.05) is 12.1 Å². The Morgan fingerprint density at radius 2 is 2.14 bits per heavy atom. The molecule has 2 rings (SSSR count). The number of nitrogens with zero attached hydrogens (tertiary/aromatic N) is 2. The van der Waals surface area contributed by atoms with Crippen molar-refractivity contribution in [1.82, 2.24) is 4.98 Å². The van der Waals surface area contributed by atoms with Crippen molar-refractivity contribution >= 4 is 11.5 Å².